The van der Waals surface area contributed by atoms with Gasteiger partial charge in [0.15, 0.2) is 0 Å². The van der Waals surface area contributed by atoms with Crippen molar-refractivity contribution in [2.24, 2.45) is 0 Å². The summed E-state index contributed by atoms with van der Waals surface area (Å²) in [7, 11) is 0. The van der Waals surface area contributed by atoms with Crippen molar-refractivity contribution in [3.05, 3.63) is 62.6 Å². The number of rotatable bonds is 5. The number of alkyl halides is 4. The molecule has 0 spiro atoms. The third-order valence-electron chi connectivity index (χ3n) is 5.23. The Kier molecular flexibility index (Phi) is 7.02. The van der Waals surface area contributed by atoms with Gasteiger partial charge in [-0.05, 0) is 47.9 Å². The third kappa shape index (κ3) is 4.77. The first-order chi connectivity index (χ1) is 14.1. The molecule has 2 aromatic rings. The van der Waals surface area contributed by atoms with Crippen LogP contribution in [0, 0.1) is 0 Å². The van der Waals surface area contributed by atoms with Crippen molar-refractivity contribution < 1.29 is 18.0 Å². The van der Waals surface area contributed by atoms with Crippen LogP contribution in [0.4, 0.5) is 18.9 Å². The van der Waals surface area contributed by atoms with Gasteiger partial charge in [0, 0.05) is 40.4 Å². The van der Waals surface area contributed by atoms with E-state index in [9.17, 15) is 18.0 Å². The minimum Gasteiger partial charge on any atom is -0.370 e. The summed E-state index contributed by atoms with van der Waals surface area (Å²) in [4.78, 5) is 12.9. The van der Waals surface area contributed by atoms with Crippen LogP contribution >= 0.6 is 46.4 Å². The second-order valence-corrected chi connectivity index (χ2v) is 8.64. The van der Waals surface area contributed by atoms with E-state index in [1.54, 1.807) is 23.1 Å². The van der Waals surface area contributed by atoms with Crippen LogP contribution in [0.1, 0.15) is 17.5 Å². The molecule has 1 amide bonds. The molecule has 0 radical (unpaired) electrons. The van der Waals surface area contributed by atoms with Crippen molar-refractivity contribution >= 4 is 58.0 Å². The second kappa shape index (κ2) is 9.03. The lowest BCUT2D eigenvalue weighted by atomic mass is 9.79. The van der Waals surface area contributed by atoms with Crippen molar-refractivity contribution in [3.8, 4) is 0 Å². The Morgan fingerprint density at radius 2 is 1.77 bits per heavy atom. The second-order valence-electron chi connectivity index (χ2n) is 7.10. The third-order valence-corrected chi connectivity index (χ3v) is 6.26. The van der Waals surface area contributed by atoms with Crippen molar-refractivity contribution in [1.29, 1.82) is 0 Å². The number of benzene rings is 2. The summed E-state index contributed by atoms with van der Waals surface area (Å²) in [5.74, 6) is -0.511. The van der Waals surface area contributed by atoms with Gasteiger partial charge in [0.1, 0.15) is 11.3 Å². The zero-order valence-corrected chi connectivity index (χ0v) is 18.5. The van der Waals surface area contributed by atoms with Crippen molar-refractivity contribution in [2.45, 2.75) is 24.6 Å². The van der Waals surface area contributed by atoms with E-state index >= 15 is 0 Å². The topological polar surface area (TPSA) is 32.3 Å². The highest BCUT2D eigenvalue weighted by Crippen LogP contribution is 2.49. The van der Waals surface area contributed by atoms with Gasteiger partial charge < -0.3 is 10.2 Å². The summed E-state index contributed by atoms with van der Waals surface area (Å²) >= 11 is 23.7. The molecule has 3 rings (SSSR count). The number of halogens is 7. The fourth-order valence-electron chi connectivity index (χ4n) is 3.61. The molecular weight excluding hydrogens is 483 g/mol. The molecule has 1 atom stereocenters. The van der Waals surface area contributed by atoms with Crippen LogP contribution in [0.25, 0.3) is 0 Å². The number of hydrogen-bond donors (Lipinski definition) is 1. The molecule has 0 bridgehead atoms. The highest BCUT2D eigenvalue weighted by atomic mass is 35.5. The largest absolute Gasteiger partial charge is 0.400 e. The quantitative estimate of drug-likeness (QED) is 0.496. The van der Waals surface area contributed by atoms with Gasteiger partial charge in [-0.1, -0.05) is 40.9 Å². The van der Waals surface area contributed by atoms with E-state index in [0.717, 1.165) is 0 Å². The van der Waals surface area contributed by atoms with Gasteiger partial charge >= 0.3 is 6.18 Å². The van der Waals surface area contributed by atoms with Gasteiger partial charge in [-0.15, -0.1) is 11.6 Å². The molecule has 2 aromatic carbocycles. The molecule has 0 aliphatic carbocycles. The molecule has 3 nitrogen and oxygen atoms in total. The molecule has 1 aliphatic heterocycles. The lowest BCUT2D eigenvalue weighted by Crippen LogP contribution is -2.44. The van der Waals surface area contributed by atoms with E-state index in [2.05, 4.69) is 5.32 Å². The fourth-order valence-corrected chi connectivity index (χ4v) is 4.47. The maximum atomic E-state index is 14.2. The number of carbonyl (C=O) groups excluding carboxylic acids is 1. The van der Waals surface area contributed by atoms with Gasteiger partial charge in [-0.2, -0.15) is 13.2 Å². The van der Waals surface area contributed by atoms with Crippen LogP contribution < -0.4 is 10.2 Å². The summed E-state index contributed by atoms with van der Waals surface area (Å²) in [6.45, 7) is 0.0757. The van der Waals surface area contributed by atoms with Crippen molar-refractivity contribution in [1.82, 2.24) is 5.32 Å². The van der Waals surface area contributed by atoms with E-state index in [4.69, 9.17) is 46.4 Å². The standard InChI is InChI=1S/C20H17Cl4F3N2O/c21-9-18(30)28-10-12-1-2-16(8-17(12)24)29-4-3-19(11-29,20(25,26)27)13-5-14(22)7-15(23)6-13/h1-2,5-8H,3-4,9-11H2,(H,28,30). The lowest BCUT2D eigenvalue weighted by molar-refractivity contribution is -0.184. The van der Waals surface area contributed by atoms with Crippen LogP contribution in [0.2, 0.25) is 15.1 Å². The van der Waals surface area contributed by atoms with E-state index in [0.29, 0.717) is 16.3 Å². The number of carbonyl (C=O) groups is 1. The molecule has 30 heavy (non-hydrogen) atoms. The summed E-state index contributed by atoms with van der Waals surface area (Å²) in [5, 5.41) is 3.26. The average molecular weight is 500 g/mol. The Labute approximate surface area is 192 Å². The monoisotopic (exact) mass is 498 g/mol. The predicted molar refractivity (Wildman–Crippen MR) is 115 cm³/mol. The smallest absolute Gasteiger partial charge is 0.370 e. The van der Waals surface area contributed by atoms with Gasteiger partial charge in [-0.3, -0.25) is 4.79 Å². The number of nitrogens with zero attached hydrogens (tertiary/aromatic N) is 1. The molecule has 10 heteroatoms. The molecule has 1 fully saturated rings. The first-order valence-corrected chi connectivity index (χ1v) is 10.6. The first-order valence-electron chi connectivity index (χ1n) is 8.95. The summed E-state index contributed by atoms with van der Waals surface area (Å²) < 4.78 is 42.7. The zero-order chi connectivity index (χ0) is 22.1. The highest BCUT2D eigenvalue weighted by molar-refractivity contribution is 6.34. The van der Waals surface area contributed by atoms with Gasteiger partial charge in [0.25, 0.3) is 0 Å². The predicted octanol–water partition coefficient (Wildman–Crippen LogP) is 6.21. The minimum atomic E-state index is -4.49. The lowest BCUT2D eigenvalue weighted by Gasteiger charge is -2.33. The Morgan fingerprint density at radius 1 is 1.10 bits per heavy atom. The number of anilines is 1. The van der Waals surface area contributed by atoms with Gasteiger partial charge in [0.2, 0.25) is 5.91 Å². The maximum absolute atomic E-state index is 14.2. The average Bonchev–Trinajstić information content (AvgIpc) is 3.13. The summed E-state index contributed by atoms with van der Waals surface area (Å²) in [6, 6.07) is 9.01. The number of nitrogens with one attached hydrogen (secondary N) is 1. The van der Waals surface area contributed by atoms with Crippen LogP contribution in [-0.2, 0) is 16.8 Å². The molecule has 1 N–H and O–H groups in total. The molecule has 0 saturated carbocycles. The Hall–Kier alpha value is -1.34. The maximum Gasteiger partial charge on any atom is 0.400 e. The van der Waals surface area contributed by atoms with Crippen molar-refractivity contribution in [3.63, 3.8) is 0 Å². The Morgan fingerprint density at radius 3 is 2.33 bits per heavy atom. The minimum absolute atomic E-state index is 0.0431. The Balaban J connectivity index is 1.87. The zero-order valence-electron chi connectivity index (χ0n) is 15.5. The van der Waals surface area contributed by atoms with Crippen LogP contribution in [0.15, 0.2) is 36.4 Å². The van der Waals surface area contributed by atoms with Gasteiger partial charge in [-0.25, -0.2) is 0 Å². The van der Waals surface area contributed by atoms with Gasteiger partial charge in [0.05, 0.1) is 0 Å². The van der Waals surface area contributed by atoms with E-state index in [1.165, 1.54) is 18.2 Å². The molecule has 1 heterocycles. The van der Waals surface area contributed by atoms with Crippen LogP contribution in [-0.4, -0.2) is 31.1 Å². The van der Waals surface area contributed by atoms with Crippen molar-refractivity contribution in [2.75, 3.05) is 23.9 Å². The van der Waals surface area contributed by atoms with Crippen LogP contribution in [0.3, 0.4) is 0 Å². The van der Waals surface area contributed by atoms with E-state index in [-0.39, 0.29) is 53.5 Å². The van der Waals surface area contributed by atoms with Crippen LogP contribution in [0.5, 0.6) is 0 Å². The normalized spacial score (nSPS) is 19.2. The summed E-state index contributed by atoms with van der Waals surface area (Å²) in [5.41, 5.74) is -0.851. The molecule has 162 valence electrons. The number of amides is 1. The first kappa shape index (κ1) is 23.3. The molecule has 1 saturated heterocycles. The molecular formula is C20H17Cl4F3N2O. The summed E-state index contributed by atoms with van der Waals surface area (Å²) in [6.07, 6.45) is -4.64. The van der Waals surface area contributed by atoms with E-state index in [1.807, 2.05) is 0 Å². The molecule has 1 unspecified atom stereocenters. The molecule has 1 aliphatic rings. The fraction of sp³-hybridized carbons (Fsp3) is 0.350. The molecule has 0 aromatic heterocycles. The highest BCUT2D eigenvalue weighted by Gasteiger charge is 2.59. The van der Waals surface area contributed by atoms with E-state index < -0.39 is 11.6 Å². The number of hydrogen-bond acceptors (Lipinski definition) is 2. The SMILES string of the molecule is O=C(CCl)NCc1ccc(N2CCC(c3cc(Cl)cc(Cl)c3)(C(F)(F)F)C2)cc1Cl. The Bertz CT molecular complexity index is 934.